The van der Waals surface area contributed by atoms with Gasteiger partial charge in [-0.05, 0) is 63.5 Å². The van der Waals surface area contributed by atoms with E-state index in [1.165, 1.54) is 0 Å². The Morgan fingerprint density at radius 1 is 1.16 bits per heavy atom. The molecule has 0 fully saturated rings. The number of alkyl carbamates (subject to hydrolysis) is 1. The van der Waals surface area contributed by atoms with E-state index in [4.69, 9.17) is 10.5 Å². The summed E-state index contributed by atoms with van der Waals surface area (Å²) in [6.07, 6.45) is 1.86. The lowest BCUT2D eigenvalue weighted by Crippen LogP contribution is -2.44. The Bertz CT molecular complexity index is 913. The molecule has 0 radical (unpaired) electrons. The normalized spacial score (nSPS) is 12.5. The van der Waals surface area contributed by atoms with Gasteiger partial charge in [0.1, 0.15) is 11.3 Å². The zero-order chi connectivity index (χ0) is 22.9. The molecule has 1 aromatic carbocycles. The van der Waals surface area contributed by atoms with Crippen molar-refractivity contribution in [3.8, 4) is 0 Å². The van der Waals surface area contributed by atoms with Crippen LogP contribution in [0.3, 0.4) is 0 Å². The molecule has 166 valence electrons. The number of nitrogens with zero attached hydrogens (tertiary/aromatic N) is 3. The van der Waals surface area contributed by atoms with Gasteiger partial charge in [0.25, 0.3) is 0 Å². The van der Waals surface area contributed by atoms with Gasteiger partial charge in [0.05, 0.1) is 23.8 Å². The first-order valence-corrected chi connectivity index (χ1v) is 11.3. The Morgan fingerprint density at radius 3 is 2.48 bits per heavy atom. The third kappa shape index (κ3) is 8.75. The first kappa shape index (κ1) is 24.3. The molecule has 0 aliphatic carbocycles. The van der Waals surface area contributed by atoms with E-state index in [1.807, 2.05) is 36.6 Å². The molecule has 0 aliphatic rings. The molecule has 31 heavy (non-hydrogen) atoms. The molecule has 2 aromatic rings. The van der Waals surface area contributed by atoms with Crippen LogP contribution in [0.5, 0.6) is 0 Å². The summed E-state index contributed by atoms with van der Waals surface area (Å²) in [4.78, 5) is 29.2. The molecule has 1 amide bonds. The monoisotopic (exact) mass is 443 g/mol. The summed E-state index contributed by atoms with van der Waals surface area (Å²) in [6.45, 7) is 5.32. The topological polar surface area (TPSA) is 119 Å². The van der Waals surface area contributed by atoms with E-state index in [0.29, 0.717) is 23.5 Å². The fraction of sp³-hybridized carbons (Fsp3) is 0.409. The van der Waals surface area contributed by atoms with Gasteiger partial charge < -0.3 is 15.8 Å². The number of azo groups is 1. The predicted octanol–water partition coefficient (Wildman–Crippen LogP) is 4.84. The lowest BCUT2D eigenvalue weighted by atomic mass is 10.1. The standard InChI is InChI=1S/C22H29N5O3S/c1-22(2,3)30-21(29)25-17(12-13-31-4)19(28)14-16-10-11-18(20(23)24-16)27-26-15-8-6-5-7-9-15/h5-11,17H,12-14H2,1-4H3,(H2,23,24)(H,25,29)/t17-/m0/s1. The van der Waals surface area contributed by atoms with Gasteiger partial charge >= 0.3 is 6.09 Å². The Kier molecular flexibility index (Phi) is 8.99. The summed E-state index contributed by atoms with van der Waals surface area (Å²) in [5.41, 5.74) is 6.98. The van der Waals surface area contributed by atoms with Gasteiger partial charge in [0, 0.05) is 0 Å². The third-order valence-corrected chi connectivity index (χ3v) is 4.68. The number of thioether (sulfide) groups is 1. The number of nitrogens with two attached hydrogens (primary N) is 1. The van der Waals surface area contributed by atoms with Crippen molar-refractivity contribution in [1.82, 2.24) is 10.3 Å². The summed E-state index contributed by atoms with van der Waals surface area (Å²) < 4.78 is 5.28. The van der Waals surface area contributed by atoms with Crippen molar-refractivity contribution in [2.24, 2.45) is 10.2 Å². The minimum Gasteiger partial charge on any atom is -0.444 e. The lowest BCUT2D eigenvalue weighted by molar-refractivity contribution is -0.120. The van der Waals surface area contributed by atoms with Crippen molar-refractivity contribution in [1.29, 1.82) is 0 Å². The van der Waals surface area contributed by atoms with Crippen molar-refractivity contribution >= 4 is 40.8 Å². The van der Waals surface area contributed by atoms with Crippen molar-refractivity contribution in [3.05, 3.63) is 48.2 Å². The van der Waals surface area contributed by atoms with E-state index >= 15 is 0 Å². The zero-order valence-corrected chi connectivity index (χ0v) is 19.1. The van der Waals surface area contributed by atoms with E-state index in [1.54, 1.807) is 44.7 Å². The van der Waals surface area contributed by atoms with Crippen LogP contribution in [0.4, 0.5) is 22.0 Å². The summed E-state index contributed by atoms with van der Waals surface area (Å²) in [5, 5.41) is 10.9. The molecule has 0 saturated carbocycles. The number of anilines is 1. The number of ether oxygens (including phenoxy) is 1. The fourth-order valence-corrected chi connectivity index (χ4v) is 3.07. The number of hydrogen-bond acceptors (Lipinski definition) is 8. The maximum absolute atomic E-state index is 12.8. The Labute approximate surface area is 187 Å². The average molecular weight is 444 g/mol. The molecule has 0 unspecified atom stereocenters. The fourth-order valence-electron chi connectivity index (χ4n) is 2.60. The highest BCUT2D eigenvalue weighted by molar-refractivity contribution is 7.98. The number of pyridine rings is 1. The SMILES string of the molecule is CSCC[C@H](NC(=O)OC(C)(C)C)C(=O)Cc1ccc(N=Nc2ccccc2)c(N)n1. The number of Topliss-reactive ketones (excluding diaryl/α,β-unsaturated/α-hetero) is 1. The number of ketones is 1. The van der Waals surface area contributed by atoms with Gasteiger partial charge in [-0.3, -0.25) is 4.79 Å². The van der Waals surface area contributed by atoms with Crippen LogP contribution in [0.2, 0.25) is 0 Å². The van der Waals surface area contributed by atoms with Crippen LogP contribution in [0.15, 0.2) is 52.7 Å². The van der Waals surface area contributed by atoms with Crippen LogP contribution < -0.4 is 11.1 Å². The predicted molar refractivity (Wildman–Crippen MR) is 124 cm³/mol. The molecule has 8 nitrogen and oxygen atoms in total. The summed E-state index contributed by atoms with van der Waals surface area (Å²) in [5.74, 6) is 0.747. The first-order valence-electron chi connectivity index (χ1n) is 9.91. The summed E-state index contributed by atoms with van der Waals surface area (Å²) in [7, 11) is 0. The summed E-state index contributed by atoms with van der Waals surface area (Å²) >= 11 is 1.60. The lowest BCUT2D eigenvalue weighted by Gasteiger charge is -2.23. The van der Waals surface area contributed by atoms with E-state index in [9.17, 15) is 9.59 Å². The number of hydrogen-bond donors (Lipinski definition) is 2. The molecular formula is C22H29N5O3S. The average Bonchev–Trinajstić information content (AvgIpc) is 2.70. The second kappa shape index (κ2) is 11.5. The third-order valence-electron chi connectivity index (χ3n) is 4.04. The van der Waals surface area contributed by atoms with Gasteiger partial charge in [0.2, 0.25) is 0 Å². The van der Waals surface area contributed by atoms with Crippen molar-refractivity contribution < 1.29 is 14.3 Å². The Balaban J connectivity index is 2.05. The molecule has 0 spiro atoms. The number of nitrogen functional groups attached to an aromatic ring is 1. The van der Waals surface area contributed by atoms with Gasteiger partial charge in [-0.15, -0.1) is 5.11 Å². The highest BCUT2D eigenvalue weighted by Gasteiger charge is 2.24. The number of aromatic nitrogens is 1. The molecule has 1 heterocycles. The molecule has 1 aromatic heterocycles. The number of carbonyl (C=O) groups is 2. The van der Waals surface area contributed by atoms with Crippen LogP contribution in [0, 0.1) is 0 Å². The number of amides is 1. The molecule has 0 aliphatic heterocycles. The van der Waals surface area contributed by atoms with Crippen LogP contribution >= 0.6 is 11.8 Å². The van der Waals surface area contributed by atoms with E-state index in [-0.39, 0.29) is 18.0 Å². The Hall–Kier alpha value is -2.94. The number of nitrogens with one attached hydrogen (secondary N) is 1. The molecule has 2 rings (SSSR count). The molecule has 1 atom stereocenters. The van der Waals surface area contributed by atoms with Crippen LogP contribution in [0.1, 0.15) is 32.9 Å². The molecular weight excluding hydrogens is 414 g/mol. The van der Waals surface area contributed by atoms with E-state index < -0.39 is 17.7 Å². The first-order chi connectivity index (χ1) is 14.7. The smallest absolute Gasteiger partial charge is 0.408 e. The highest BCUT2D eigenvalue weighted by Crippen LogP contribution is 2.23. The molecule has 9 heteroatoms. The molecule has 0 bridgehead atoms. The molecule has 0 saturated heterocycles. The number of rotatable bonds is 9. The highest BCUT2D eigenvalue weighted by atomic mass is 32.2. The van der Waals surface area contributed by atoms with E-state index in [2.05, 4.69) is 20.5 Å². The largest absolute Gasteiger partial charge is 0.444 e. The van der Waals surface area contributed by atoms with Gasteiger partial charge in [-0.25, -0.2) is 9.78 Å². The zero-order valence-electron chi connectivity index (χ0n) is 18.3. The van der Waals surface area contributed by atoms with Crippen molar-refractivity contribution in [2.45, 2.75) is 45.3 Å². The van der Waals surface area contributed by atoms with Crippen LogP contribution in [0.25, 0.3) is 0 Å². The van der Waals surface area contributed by atoms with E-state index in [0.717, 1.165) is 5.75 Å². The number of carbonyl (C=O) groups excluding carboxylic acids is 2. The van der Waals surface area contributed by atoms with Crippen molar-refractivity contribution in [2.75, 3.05) is 17.7 Å². The number of benzene rings is 1. The van der Waals surface area contributed by atoms with Gasteiger partial charge in [-0.2, -0.15) is 16.9 Å². The van der Waals surface area contributed by atoms with Gasteiger partial charge in [-0.1, -0.05) is 18.2 Å². The quantitative estimate of drug-likeness (QED) is 0.535. The van der Waals surface area contributed by atoms with Crippen LogP contribution in [-0.2, 0) is 16.0 Å². The maximum Gasteiger partial charge on any atom is 0.408 e. The van der Waals surface area contributed by atoms with Crippen molar-refractivity contribution in [3.63, 3.8) is 0 Å². The summed E-state index contributed by atoms with van der Waals surface area (Å²) in [6, 6.07) is 12.0. The second-order valence-corrected chi connectivity index (χ2v) is 8.85. The minimum atomic E-state index is -0.664. The second-order valence-electron chi connectivity index (χ2n) is 7.87. The maximum atomic E-state index is 12.8. The Morgan fingerprint density at radius 2 is 1.87 bits per heavy atom. The van der Waals surface area contributed by atoms with Crippen LogP contribution in [-0.4, -0.2) is 40.5 Å². The van der Waals surface area contributed by atoms with Gasteiger partial charge in [0.15, 0.2) is 11.6 Å². The molecule has 3 N–H and O–H groups in total. The minimum absolute atomic E-state index is 0.0369.